The van der Waals surface area contributed by atoms with Crippen LogP contribution in [0.15, 0.2) is 35.9 Å². The van der Waals surface area contributed by atoms with Gasteiger partial charge in [-0.2, -0.15) is 0 Å². The summed E-state index contributed by atoms with van der Waals surface area (Å²) in [6.07, 6.45) is 9.71. The lowest BCUT2D eigenvalue weighted by atomic mass is 9.80. The Kier molecular flexibility index (Phi) is 12.7. The fourth-order valence-corrected chi connectivity index (χ4v) is 5.33. The predicted molar refractivity (Wildman–Crippen MR) is 153 cm³/mol. The van der Waals surface area contributed by atoms with Gasteiger partial charge in [0.2, 0.25) is 0 Å². The number of ether oxygens (including phenoxy) is 6. The average molecular weight is 565 g/mol. The molecule has 2 saturated heterocycles. The first-order valence-corrected chi connectivity index (χ1v) is 14.7. The Bertz CT molecular complexity index is 976. The summed E-state index contributed by atoms with van der Waals surface area (Å²) in [5.74, 6) is 0.806. The van der Waals surface area contributed by atoms with Crippen LogP contribution in [0.4, 0.5) is 0 Å². The molecular formula is C30H44O8S. The van der Waals surface area contributed by atoms with Crippen molar-refractivity contribution in [2.75, 3.05) is 46.9 Å². The van der Waals surface area contributed by atoms with Gasteiger partial charge >= 0.3 is 5.97 Å². The first-order chi connectivity index (χ1) is 18.8. The van der Waals surface area contributed by atoms with Crippen LogP contribution < -0.4 is 9.47 Å². The van der Waals surface area contributed by atoms with Crippen molar-refractivity contribution in [2.24, 2.45) is 5.92 Å². The van der Waals surface area contributed by atoms with Crippen LogP contribution in [0, 0.1) is 5.92 Å². The SMILES string of the molecule is COc1ccc(/C=C/C(=O)O[C@@H]2CCCOCC[C@@H](C3(C)O[C@H]3CC=C(C)C)[C@@H]2OC)cc1OCCOSC. The van der Waals surface area contributed by atoms with Gasteiger partial charge in [-0.3, -0.25) is 0 Å². The van der Waals surface area contributed by atoms with E-state index in [2.05, 4.69) is 26.8 Å². The molecular weight excluding hydrogens is 520 g/mol. The van der Waals surface area contributed by atoms with E-state index in [4.69, 9.17) is 32.6 Å². The third-order valence-corrected chi connectivity index (χ3v) is 7.65. The van der Waals surface area contributed by atoms with Gasteiger partial charge in [0.05, 0.1) is 31.5 Å². The monoisotopic (exact) mass is 564 g/mol. The van der Waals surface area contributed by atoms with Crippen LogP contribution >= 0.6 is 12.0 Å². The number of methoxy groups -OCH3 is 2. The van der Waals surface area contributed by atoms with E-state index in [1.165, 1.54) is 23.7 Å². The van der Waals surface area contributed by atoms with E-state index >= 15 is 0 Å². The lowest BCUT2D eigenvalue weighted by molar-refractivity contribution is -0.155. The molecule has 1 aromatic carbocycles. The molecule has 2 heterocycles. The molecule has 39 heavy (non-hydrogen) atoms. The van der Waals surface area contributed by atoms with Crippen molar-refractivity contribution < 1.29 is 37.4 Å². The van der Waals surface area contributed by atoms with Crippen molar-refractivity contribution in [1.29, 1.82) is 0 Å². The van der Waals surface area contributed by atoms with Crippen LogP contribution in [0.2, 0.25) is 0 Å². The molecule has 0 N–H and O–H groups in total. The quantitative estimate of drug-likeness (QED) is 0.0755. The van der Waals surface area contributed by atoms with E-state index in [0.717, 1.165) is 24.8 Å². The molecule has 0 saturated carbocycles. The normalized spacial score (nSPS) is 27.2. The van der Waals surface area contributed by atoms with Crippen molar-refractivity contribution in [2.45, 2.75) is 70.4 Å². The van der Waals surface area contributed by atoms with Gasteiger partial charge in [0.15, 0.2) is 11.5 Å². The van der Waals surface area contributed by atoms with E-state index in [1.54, 1.807) is 20.3 Å². The fourth-order valence-electron chi connectivity index (χ4n) is 5.10. The molecule has 0 bridgehead atoms. The number of esters is 1. The van der Waals surface area contributed by atoms with Gasteiger partial charge in [-0.25, -0.2) is 4.79 Å². The minimum absolute atomic E-state index is 0.0364. The first kappa shape index (κ1) is 31.5. The number of allylic oxidation sites excluding steroid dienone is 1. The molecule has 5 atom stereocenters. The zero-order chi connectivity index (χ0) is 28.3. The zero-order valence-electron chi connectivity index (χ0n) is 24.1. The van der Waals surface area contributed by atoms with Crippen LogP contribution in [0.1, 0.15) is 52.0 Å². The minimum Gasteiger partial charge on any atom is -0.493 e. The third-order valence-electron chi connectivity index (χ3n) is 7.25. The molecule has 218 valence electrons. The van der Waals surface area contributed by atoms with Gasteiger partial charge in [0.1, 0.15) is 12.7 Å². The van der Waals surface area contributed by atoms with Gasteiger partial charge in [-0.05, 0) is 82.3 Å². The highest BCUT2D eigenvalue weighted by Gasteiger charge is 2.59. The lowest BCUT2D eigenvalue weighted by Gasteiger charge is -2.34. The number of epoxide rings is 1. The Morgan fingerprint density at radius 3 is 2.69 bits per heavy atom. The molecule has 1 aromatic rings. The molecule has 0 aromatic heterocycles. The number of hydrogen-bond donors (Lipinski definition) is 0. The van der Waals surface area contributed by atoms with E-state index in [0.29, 0.717) is 44.3 Å². The molecule has 9 heteroatoms. The van der Waals surface area contributed by atoms with E-state index in [9.17, 15) is 4.79 Å². The molecule has 2 fully saturated rings. The summed E-state index contributed by atoms with van der Waals surface area (Å²) in [5, 5.41) is 0. The first-order valence-electron chi connectivity index (χ1n) is 13.6. The maximum Gasteiger partial charge on any atom is 0.331 e. The summed E-state index contributed by atoms with van der Waals surface area (Å²) >= 11 is 1.29. The fraction of sp³-hybridized carbons (Fsp3) is 0.633. The van der Waals surface area contributed by atoms with Gasteiger partial charge < -0.3 is 32.6 Å². The highest BCUT2D eigenvalue weighted by atomic mass is 32.2. The second kappa shape index (κ2) is 15.7. The van der Waals surface area contributed by atoms with Gasteiger partial charge in [0, 0.05) is 38.6 Å². The van der Waals surface area contributed by atoms with Crippen molar-refractivity contribution in [3.63, 3.8) is 0 Å². The third kappa shape index (κ3) is 9.25. The summed E-state index contributed by atoms with van der Waals surface area (Å²) < 4.78 is 40.6. The Hall–Kier alpha value is -2.04. The number of hydrogen-bond acceptors (Lipinski definition) is 9. The van der Waals surface area contributed by atoms with Crippen molar-refractivity contribution in [1.82, 2.24) is 0 Å². The number of rotatable bonds is 13. The Morgan fingerprint density at radius 2 is 1.97 bits per heavy atom. The number of benzene rings is 1. The number of carbonyl (C=O) groups is 1. The van der Waals surface area contributed by atoms with Crippen LogP contribution in [-0.4, -0.2) is 76.8 Å². The van der Waals surface area contributed by atoms with E-state index in [-0.39, 0.29) is 23.7 Å². The maximum atomic E-state index is 13.0. The van der Waals surface area contributed by atoms with Crippen LogP contribution in [0.3, 0.4) is 0 Å². The highest BCUT2D eigenvalue weighted by Crippen LogP contribution is 2.49. The molecule has 2 aliphatic rings. The summed E-state index contributed by atoms with van der Waals surface area (Å²) in [6, 6.07) is 5.49. The minimum atomic E-state index is -0.421. The van der Waals surface area contributed by atoms with E-state index in [1.807, 2.05) is 24.5 Å². The second-order valence-corrected chi connectivity index (χ2v) is 10.8. The van der Waals surface area contributed by atoms with Crippen LogP contribution in [0.25, 0.3) is 6.08 Å². The Balaban J connectivity index is 1.69. The van der Waals surface area contributed by atoms with Crippen molar-refractivity contribution in [3.8, 4) is 11.5 Å². The lowest BCUT2D eigenvalue weighted by Crippen LogP contribution is -2.45. The maximum absolute atomic E-state index is 13.0. The zero-order valence-corrected chi connectivity index (χ0v) is 24.9. The van der Waals surface area contributed by atoms with Crippen molar-refractivity contribution >= 4 is 24.1 Å². The second-order valence-electron chi connectivity index (χ2n) is 10.2. The number of carbonyl (C=O) groups excluding carboxylic acids is 1. The van der Waals surface area contributed by atoms with Crippen LogP contribution in [0.5, 0.6) is 11.5 Å². The average Bonchev–Trinajstić information content (AvgIpc) is 3.57. The molecule has 0 radical (unpaired) electrons. The topological polar surface area (TPSA) is 85.0 Å². The molecule has 0 amide bonds. The molecule has 8 nitrogen and oxygen atoms in total. The summed E-state index contributed by atoms with van der Waals surface area (Å²) in [4.78, 5) is 13.0. The van der Waals surface area contributed by atoms with Gasteiger partial charge in [-0.15, -0.1) is 0 Å². The molecule has 1 unspecified atom stereocenters. The standard InChI is InChI=1S/C30H44O8S/c1-21(2)9-13-27-30(3,38-27)23-15-17-34-16-7-8-25(29(23)33-5)37-28(31)14-11-22-10-12-24(32-4)26(20-22)35-18-19-36-39-6/h9-12,14,20,23,25,27,29H,7-8,13,15-19H2,1-6H3/b14-11+/t23-,25-,27+,29+,30?/m1/s1. The Morgan fingerprint density at radius 1 is 1.15 bits per heavy atom. The summed E-state index contributed by atoms with van der Waals surface area (Å²) in [7, 11) is 3.28. The Labute approximate surface area is 237 Å². The largest absolute Gasteiger partial charge is 0.493 e. The molecule has 3 rings (SSSR count). The molecule has 0 aliphatic carbocycles. The van der Waals surface area contributed by atoms with Crippen molar-refractivity contribution in [3.05, 3.63) is 41.5 Å². The molecule has 2 aliphatic heterocycles. The molecule has 0 spiro atoms. The predicted octanol–water partition coefficient (Wildman–Crippen LogP) is 5.64. The summed E-state index contributed by atoms with van der Waals surface area (Å²) in [5.41, 5.74) is 1.72. The van der Waals surface area contributed by atoms with Gasteiger partial charge in [-0.1, -0.05) is 17.7 Å². The van der Waals surface area contributed by atoms with E-state index < -0.39 is 12.1 Å². The summed E-state index contributed by atoms with van der Waals surface area (Å²) in [6.45, 7) is 8.42. The highest BCUT2D eigenvalue weighted by molar-refractivity contribution is 7.93. The van der Waals surface area contributed by atoms with Crippen LogP contribution in [-0.2, 0) is 27.9 Å². The smallest absolute Gasteiger partial charge is 0.331 e. The van der Waals surface area contributed by atoms with Gasteiger partial charge in [0.25, 0.3) is 0 Å².